The van der Waals surface area contributed by atoms with Gasteiger partial charge in [0.2, 0.25) is 0 Å². The lowest BCUT2D eigenvalue weighted by atomic mass is 9.83. The summed E-state index contributed by atoms with van der Waals surface area (Å²) in [4.78, 5) is 11.7. The molecule has 150 valence electrons. The lowest BCUT2D eigenvalue weighted by molar-refractivity contribution is -0.0138. The van der Waals surface area contributed by atoms with Crippen LogP contribution in [0.15, 0.2) is 55.0 Å². The predicted molar refractivity (Wildman–Crippen MR) is 111 cm³/mol. The highest BCUT2D eigenvalue weighted by molar-refractivity contribution is 5.72. The molecule has 0 aliphatic carbocycles. The van der Waals surface area contributed by atoms with Gasteiger partial charge < -0.3 is 14.0 Å². The second-order valence-corrected chi connectivity index (χ2v) is 7.82. The molecule has 0 N–H and O–H groups in total. The number of rotatable bonds is 5. The van der Waals surface area contributed by atoms with Crippen LogP contribution in [0.1, 0.15) is 24.2 Å². The summed E-state index contributed by atoms with van der Waals surface area (Å²) in [6, 6.07) is 14.4. The number of fused-ring (bicyclic) bond motifs is 4. The summed E-state index contributed by atoms with van der Waals surface area (Å²) in [7, 11) is 1.74. The first kappa shape index (κ1) is 18.3. The van der Waals surface area contributed by atoms with Crippen LogP contribution >= 0.6 is 0 Å². The molecule has 0 radical (unpaired) electrons. The summed E-state index contributed by atoms with van der Waals surface area (Å²) in [5, 5.41) is 0. The summed E-state index contributed by atoms with van der Waals surface area (Å²) in [6.45, 7) is 4.25. The SMILES string of the molecule is COCCn1cnc2c1C1(CCN(Cc3ccccn3)CC1)Oc1ccccc1-2. The lowest BCUT2D eigenvalue weighted by Gasteiger charge is -2.44. The van der Waals surface area contributed by atoms with Crippen molar-refractivity contribution in [2.45, 2.75) is 31.5 Å². The molecule has 1 fully saturated rings. The van der Waals surface area contributed by atoms with Crippen LogP contribution in [0.5, 0.6) is 5.75 Å². The Morgan fingerprint density at radius 3 is 2.69 bits per heavy atom. The number of benzene rings is 1. The van der Waals surface area contributed by atoms with E-state index >= 15 is 0 Å². The van der Waals surface area contributed by atoms with Crippen LogP contribution in [0.2, 0.25) is 0 Å². The van der Waals surface area contributed by atoms with Gasteiger partial charge >= 0.3 is 0 Å². The van der Waals surface area contributed by atoms with E-state index in [2.05, 4.69) is 38.7 Å². The number of para-hydroxylation sites is 1. The minimum atomic E-state index is -0.339. The van der Waals surface area contributed by atoms with E-state index in [0.717, 1.165) is 61.7 Å². The van der Waals surface area contributed by atoms with Crippen LogP contribution in [0.4, 0.5) is 0 Å². The number of likely N-dealkylation sites (tertiary alicyclic amines) is 1. The molecule has 2 aromatic heterocycles. The molecule has 1 aromatic carbocycles. The van der Waals surface area contributed by atoms with Crippen LogP contribution < -0.4 is 4.74 Å². The summed E-state index contributed by atoms with van der Waals surface area (Å²) in [5.41, 5.74) is 4.12. The number of nitrogens with zero attached hydrogens (tertiary/aromatic N) is 4. The van der Waals surface area contributed by atoms with Gasteiger partial charge in [0.15, 0.2) is 5.60 Å². The van der Waals surface area contributed by atoms with Crippen molar-refractivity contribution in [3.05, 3.63) is 66.4 Å². The Labute approximate surface area is 171 Å². The van der Waals surface area contributed by atoms with Gasteiger partial charge in [-0.25, -0.2) is 4.98 Å². The van der Waals surface area contributed by atoms with Gasteiger partial charge in [-0.15, -0.1) is 0 Å². The van der Waals surface area contributed by atoms with Crippen LogP contribution in [-0.4, -0.2) is 46.2 Å². The number of hydrogen-bond donors (Lipinski definition) is 0. The van der Waals surface area contributed by atoms with E-state index in [4.69, 9.17) is 14.5 Å². The fraction of sp³-hybridized carbons (Fsp3) is 0.391. The number of hydrogen-bond acceptors (Lipinski definition) is 5. The highest BCUT2D eigenvalue weighted by Crippen LogP contribution is 2.49. The van der Waals surface area contributed by atoms with Crippen molar-refractivity contribution in [3.8, 4) is 17.0 Å². The number of methoxy groups -OCH3 is 1. The molecule has 4 heterocycles. The Balaban J connectivity index is 1.44. The molecule has 0 saturated carbocycles. The van der Waals surface area contributed by atoms with E-state index in [1.54, 1.807) is 7.11 Å². The molecular formula is C23H26N4O2. The van der Waals surface area contributed by atoms with Gasteiger partial charge in [-0.2, -0.15) is 0 Å². The van der Waals surface area contributed by atoms with Gasteiger partial charge in [0, 0.05) is 57.9 Å². The van der Waals surface area contributed by atoms with Gasteiger partial charge in [-0.05, 0) is 24.3 Å². The third kappa shape index (κ3) is 3.32. The molecule has 0 unspecified atom stereocenters. The zero-order chi connectivity index (χ0) is 19.7. The van der Waals surface area contributed by atoms with Gasteiger partial charge in [-0.1, -0.05) is 18.2 Å². The number of pyridine rings is 1. The van der Waals surface area contributed by atoms with Crippen molar-refractivity contribution < 1.29 is 9.47 Å². The van der Waals surface area contributed by atoms with E-state index < -0.39 is 0 Å². The van der Waals surface area contributed by atoms with Crippen molar-refractivity contribution in [2.75, 3.05) is 26.8 Å². The molecule has 1 saturated heterocycles. The largest absolute Gasteiger partial charge is 0.480 e. The van der Waals surface area contributed by atoms with Crippen molar-refractivity contribution in [1.82, 2.24) is 19.4 Å². The second kappa shape index (κ2) is 7.61. The highest BCUT2D eigenvalue weighted by Gasteiger charge is 2.46. The van der Waals surface area contributed by atoms with Crippen molar-refractivity contribution in [3.63, 3.8) is 0 Å². The van der Waals surface area contributed by atoms with E-state index in [1.807, 2.05) is 30.7 Å². The van der Waals surface area contributed by atoms with Crippen LogP contribution in [0.3, 0.4) is 0 Å². The molecule has 29 heavy (non-hydrogen) atoms. The quantitative estimate of drug-likeness (QED) is 0.668. The Bertz CT molecular complexity index is 978. The smallest absolute Gasteiger partial charge is 0.153 e. The molecule has 0 bridgehead atoms. The molecule has 0 atom stereocenters. The van der Waals surface area contributed by atoms with Crippen molar-refractivity contribution in [2.24, 2.45) is 0 Å². The molecule has 5 rings (SSSR count). The maximum Gasteiger partial charge on any atom is 0.153 e. The first-order valence-electron chi connectivity index (χ1n) is 10.2. The van der Waals surface area contributed by atoms with E-state index in [1.165, 1.54) is 5.69 Å². The fourth-order valence-corrected chi connectivity index (χ4v) is 4.56. The summed E-state index contributed by atoms with van der Waals surface area (Å²) < 4.78 is 14.3. The van der Waals surface area contributed by atoms with Gasteiger partial charge in [0.25, 0.3) is 0 Å². The highest BCUT2D eigenvalue weighted by atomic mass is 16.5. The van der Waals surface area contributed by atoms with Crippen LogP contribution in [-0.2, 0) is 23.4 Å². The minimum absolute atomic E-state index is 0.339. The third-order valence-electron chi connectivity index (χ3n) is 6.03. The lowest BCUT2D eigenvalue weighted by Crippen LogP contribution is -2.48. The van der Waals surface area contributed by atoms with E-state index in [9.17, 15) is 0 Å². The van der Waals surface area contributed by atoms with Gasteiger partial charge in [0.05, 0.1) is 30.0 Å². The third-order valence-corrected chi connectivity index (χ3v) is 6.03. The Morgan fingerprint density at radius 1 is 1.07 bits per heavy atom. The zero-order valence-electron chi connectivity index (χ0n) is 16.8. The standard InChI is InChI=1S/C23H26N4O2/c1-28-15-14-27-17-25-21-19-7-2-3-8-20(19)29-23(22(21)27)9-12-26(13-10-23)16-18-6-4-5-11-24-18/h2-8,11,17H,9-10,12-16H2,1H3. The Hall–Kier alpha value is -2.70. The average molecular weight is 390 g/mol. The molecule has 1 spiro atoms. The van der Waals surface area contributed by atoms with Gasteiger partial charge in [-0.3, -0.25) is 9.88 Å². The number of imidazole rings is 1. The Morgan fingerprint density at radius 2 is 1.90 bits per heavy atom. The van der Waals surface area contributed by atoms with E-state index in [-0.39, 0.29) is 5.60 Å². The minimum Gasteiger partial charge on any atom is -0.480 e. The van der Waals surface area contributed by atoms with Crippen LogP contribution in [0.25, 0.3) is 11.3 Å². The topological polar surface area (TPSA) is 52.4 Å². The predicted octanol–water partition coefficient (Wildman–Crippen LogP) is 3.48. The summed E-state index contributed by atoms with van der Waals surface area (Å²) in [6.07, 6.45) is 5.67. The Kier molecular flexibility index (Phi) is 4.81. The maximum absolute atomic E-state index is 6.72. The molecule has 3 aromatic rings. The molecule has 2 aliphatic heterocycles. The second-order valence-electron chi connectivity index (χ2n) is 7.82. The van der Waals surface area contributed by atoms with E-state index in [0.29, 0.717) is 6.61 Å². The number of ether oxygens (including phenoxy) is 2. The first-order chi connectivity index (χ1) is 14.3. The molecule has 2 aliphatic rings. The normalized spacial score (nSPS) is 17.6. The molecule has 6 heteroatoms. The monoisotopic (exact) mass is 390 g/mol. The van der Waals surface area contributed by atoms with Gasteiger partial charge in [0.1, 0.15) is 5.75 Å². The average Bonchev–Trinajstić information content (AvgIpc) is 3.20. The first-order valence-corrected chi connectivity index (χ1v) is 10.2. The molecule has 0 amide bonds. The maximum atomic E-state index is 6.72. The number of aromatic nitrogens is 3. The van der Waals surface area contributed by atoms with Crippen LogP contribution in [0, 0.1) is 0 Å². The zero-order valence-corrected chi connectivity index (χ0v) is 16.8. The summed E-state index contributed by atoms with van der Waals surface area (Å²) in [5.74, 6) is 0.940. The summed E-state index contributed by atoms with van der Waals surface area (Å²) >= 11 is 0. The molecule has 6 nitrogen and oxygen atoms in total. The molecular weight excluding hydrogens is 364 g/mol. The van der Waals surface area contributed by atoms with Crippen molar-refractivity contribution >= 4 is 0 Å². The fourth-order valence-electron chi connectivity index (χ4n) is 4.56. The number of piperidine rings is 1. The van der Waals surface area contributed by atoms with Crippen molar-refractivity contribution in [1.29, 1.82) is 0 Å².